The molecule has 33 heavy (non-hydrogen) atoms. The zero-order chi connectivity index (χ0) is 23.7. The molecule has 2 N–H and O–H groups in total. The van der Waals surface area contributed by atoms with E-state index in [1.807, 2.05) is 31.2 Å². The van der Waals surface area contributed by atoms with Gasteiger partial charge in [-0.25, -0.2) is 17.9 Å². The zero-order valence-corrected chi connectivity index (χ0v) is 18.8. The third-order valence-corrected chi connectivity index (χ3v) is 6.12. The van der Waals surface area contributed by atoms with E-state index in [-0.39, 0.29) is 11.4 Å². The molecule has 0 saturated heterocycles. The molecule has 3 rings (SSSR count). The molecule has 9 heteroatoms. The Morgan fingerprint density at radius 1 is 1.00 bits per heavy atom. The minimum absolute atomic E-state index is 0.0430. The Morgan fingerprint density at radius 3 is 2.45 bits per heavy atom. The Kier molecular flexibility index (Phi) is 8.17. The highest BCUT2D eigenvalue weighted by molar-refractivity contribution is 7.89. The third kappa shape index (κ3) is 7.44. The Morgan fingerprint density at radius 2 is 1.76 bits per heavy atom. The average molecular weight is 469 g/mol. The number of esters is 1. The number of benzene rings is 2. The van der Waals surface area contributed by atoms with Gasteiger partial charge in [-0.1, -0.05) is 36.4 Å². The van der Waals surface area contributed by atoms with Gasteiger partial charge in [0.15, 0.2) is 6.61 Å². The number of carbonyl (C=O) groups excluding carboxylic acids is 2. The predicted octanol–water partition coefficient (Wildman–Crippen LogP) is 2.94. The molecule has 2 aromatic carbocycles. The van der Waals surface area contributed by atoms with Crippen LogP contribution in [0.2, 0.25) is 0 Å². The SMILES string of the molecule is Cc1ccccc1CNC(=O)COC(=O)/C=C/c1ccc(S(=O)(=O)NCc2ccco2)cc1. The molecule has 0 aliphatic rings. The quantitative estimate of drug-likeness (QED) is 0.349. The van der Waals surface area contributed by atoms with Gasteiger partial charge in [0.05, 0.1) is 17.7 Å². The number of nitrogens with one attached hydrogen (secondary N) is 2. The Bertz CT molecular complexity index is 1220. The number of sulfonamides is 1. The maximum absolute atomic E-state index is 12.3. The Hall–Kier alpha value is -3.69. The summed E-state index contributed by atoms with van der Waals surface area (Å²) in [5.41, 5.74) is 2.64. The summed E-state index contributed by atoms with van der Waals surface area (Å²) >= 11 is 0. The molecule has 0 aliphatic carbocycles. The monoisotopic (exact) mass is 468 g/mol. The largest absolute Gasteiger partial charge is 0.468 e. The van der Waals surface area contributed by atoms with E-state index in [1.165, 1.54) is 30.5 Å². The van der Waals surface area contributed by atoms with E-state index < -0.39 is 28.5 Å². The summed E-state index contributed by atoms with van der Waals surface area (Å²) in [6.07, 6.45) is 4.11. The first-order chi connectivity index (χ1) is 15.8. The fourth-order valence-electron chi connectivity index (χ4n) is 2.82. The molecule has 172 valence electrons. The van der Waals surface area contributed by atoms with Gasteiger partial charge < -0.3 is 14.5 Å². The van der Waals surface area contributed by atoms with Crippen LogP contribution in [0.5, 0.6) is 0 Å². The van der Waals surface area contributed by atoms with Crippen LogP contribution in [0.25, 0.3) is 6.08 Å². The lowest BCUT2D eigenvalue weighted by atomic mass is 10.1. The molecule has 1 heterocycles. The van der Waals surface area contributed by atoms with Crippen LogP contribution in [-0.2, 0) is 37.4 Å². The smallest absolute Gasteiger partial charge is 0.331 e. The van der Waals surface area contributed by atoms with Crippen molar-refractivity contribution in [2.24, 2.45) is 0 Å². The van der Waals surface area contributed by atoms with Gasteiger partial charge in [0.25, 0.3) is 5.91 Å². The summed E-state index contributed by atoms with van der Waals surface area (Å²) in [6, 6.07) is 17.0. The number of hydrogen-bond donors (Lipinski definition) is 2. The summed E-state index contributed by atoms with van der Waals surface area (Å²) in [6.45, 7) is 1.95. The van der Waals surface area contributed by atoms with Crippen molar-refractivity contribution in [1.29, 1.82) is 0 Å². The van der Waals surface area contributed by atoms with Crippen LogP contribution in [0.3, 0.4) is 0 Å². The van der Waals surface area contributed by atoms with Gasteiger partial charge in [-0.15, -0.1) is 0 Å². The predicted molar refractivity (Wildman–Crippen MR) is 122 cm³/mol. The second kappa shape index (κ2) is 11.3. The van der Waals surface area contributed by atoms with E-state index in [9.17, 15) is 18.0 Å². The maximum atomic E-state index is 12.3. The summed E-state index contributed by atoms with van der Waals surface area (Å²) in [5, 5.41) is 2.70. The van der Waals surface area contributed by atoms with E-state index in [0.29, 0.717) is 17.9 Å². The molecule has 0 saturated carbocycles. The fourth-order valence-corrected chi connectivity index (χ4v) is 3.82. The lowest BCUT2D eigenvalue weighted by molar-refractivity contribution is -0.143. The second-order valence-corrected chi connectivity index (χ2v) is 8.88. The minimum atomic E-state index is -3.70. The lowest BCUT2D eigenvalue weighted by Gasteiger charge is -2.07. The second-order valence-electron chi connectivity index (χ2n) is 7.12. The van der Waals surface area contributed by atoms with E-state index >= 15 is 0 Å². The summed E-state index contributed by atoms with van der Waals surface area (Å²) in [7, 11) is -3.70. The van der Waals surface area contributed by atoms with Crippen molar-refractivity contribution < 1.29 is 27.2 Å². The van der Waals surface area contributed by atoms with Crippen LogP contribution in [-0.4, -0.2) is 26.9 Å². The molecule has 0 fully saturated rings. The standard InChI is InChI=1S/C24H24N2O6S/c1-18-5-2-3-6-20(18)15-25-23(27)17-32-24(28)13-10-19-8-11-22(12-9-19)33(29,30)26-16-21-7-4-14-31-21/h2-14,26H,15-17H2,1H3,(H,25,27)/b13-10+. The highest BCUT2D eigenvalue weighted by Gasteiger charge is 2.14. The molecular formula is C24H24N2O6S. The first-order valence-corrected chi connectivity index (χ1v) is 11.6. The van der Waals surface area contributed by atoms with Crippen LogP contribution >= 0.6 is 0 Å². The molecule has 0 radical (unpaired) electrons. The minimum Gasteiger partial charge on any atom is -0.468 e. The lowest BCUT2D eigenvalue weighted by Crippen LogP contribution is -2.28. The van der Waals surface area contributed by atoms with Crippen LogP contribution in [0, 0.1) is 6.92 Å². The maximum Gasteiger partial charge on any atom is 0.331 e. The van der Waals surface area contributed by atoms with E-state index in [2.05, 4.69) is 10.0 Å². The average Bonchev–Trinajstić information content (AvgIpc) is 3.34. The van der Waals surface area contributed by atoms with Crippen molar-refractivity contribution in [2.45, 2.75) is 24.9 Å². The molecular weight excluding hydrogens is 444 g/mol. The van der Waals surface area contributed by atoms with E-state index in [4.69, 9.17) is 9.15 Å². The van der Waals surface area contributed by atoms with E-state index in [0.717, 1.165) is 11.1 Å². The number of hydrogen-bond acceptors (Lipinski definition) is 6. The van der Waals surface area contributed by atoms with Crippen LogP contribution in [0.15, 0.2) is 82.3 Å². The zero-order valence-electron chi connectivity index (χ0n) is 18.0. The number of carbonyl (C=O) groups is 2. The summed E-state index contributed by atoms with van der Waals surface area (Å²) < 4.78 is 37.2. The number of ether oxygens (including phenoxy) is 1. The van der Waals surface area contributed by atoms with Crippen LogP contribution in [0.1, 0.15) is 22.5 Å². The summed E-state index contributed by atoms with van der Waals surface area (Å²) in [5.74, 6) is -0.588. The van der Waals surface area contributed by atoms with Crippen LogP contribution in [0.4, 0.5) is 0 Å². The van der Waals surface area contributed by atoms with Crippen molar-refractivity contribution in [3.63, 3.8) is 0 Å². The third-order valence-electron chi connectivity index (χ3n) is 4.70. The fraction of sp³-hybridized carbons (Fsp3) is 0.167. The van der Waals surface area contributed by atoms with Gasteiger partial charge in [-0.2, -0.15) is 0 Å². The number of amides is 1. The Balaban J connectivity index is 1.44. The van der Waals surface area contributed by atoms with Gasteiger partial charge in [0, 0.05) is 12.6 Å². The van der Waals surface area contributed by atoms with Gasteiger partial charge in [-0.3, -0.25) is 4.79 Å². The van der Waals surface area contributed by atoms with Crippen LogP contribution < -0.4 is 10.0 Å². The molecule has 0 atom stereocenters. The first kappa shape index (κ1) is 24.0. The Labute approximate surface area is 192 Å². The van der Waals surface area contributed by atoms with Crippen molar-refractivity contribution in [3.05, 3.63) is 95.5 Å². The number of furan rings is 1. The molecule has 1 aromatic heterocycles. The normalized spacial score (nSPS) is 11.4. The van der Waals surface area contributed by atoms with Gasteiger partial charge in [-0.05, 0) is 54.0 Å². The molecule has 0 unspecified atom stereocenters. The first-order valence-electron chi connectivity index (χ1n) is 10.1. The van der Waals surface area contributed by atoms with Gasteiger partial charge in [0.2, 0.25) is 10.0 Å². The highest BCUT2D eigenvalue weighted by Crippen LogP contribution is 2.13. The van der Waals surface area contributed by atoms with E-state index in [1.54, 1.807) is 24.3 Å². The van der Waals surface area contributed by atoms with Crippen molar-refractivity contribution in [1.82, 2.24) is 10.0 Å². The molecule has 0 bridgehead atoms. The van der Waals surface area contributed by atoms with Gasteiger partial charge >= 0.3 is 5.97 Å². The van der Waals surface area contributed by atoms with Crippen molar-refractivity contribution >= 4 is 28.0 Å². The molecule has 0 spiro atoms. The number of aryl methyl sites for hydroxylation is 1. The van der Waals surface area contributed by atoms with Gasteiger partial charge in [0.1, 0.15) is 5.76 Å². The topological polar surface area (TPSA) is 115 Å². The molecule has 3 aromatic rings. The van der Waals surface area contributed by atoms with Crippen molar-refractivity contribution in [3.8, 4) is 0 Å². The molecule has 1 amide bonds. The molecule has 8 nitrogen and oxygen atoms in total. The summed E-state index contributed by atoms with van der Waals surface area (Å²) in [4.78, 5) is 23.8. The molecule has 0 aliphatic heterocycles. The number of rotatable bonds is 10. The highest BCUT2D eigenvalue weighted by atomic mass is 32.2. The van der Waals surface area contributed by atoms with Crippen molar-refractivity contribution in [2.75, 3.05) is 6.61 Å².